The Morgan fingerprint density at radius 1 is 1.37 bits per heavy atom. The average molecular weight is 281 g/mol. The minimum Gasteiger partial charge on any atom is -0.382 e. The van der Waals surface area contributed by atoms with Gasteiger partial charge >= 0.3 is 0 Å². The lowest BCUT2D eigenvalue weighted by molar-refractivity contribution is 0.625. The third kappa shape index (κ3) is 3.32. The second kappa shape index (κ2) is 5.84. The summed E-state index contributed by atoms with van der Waals surface area (Å²) in [7, 11) is 0. The van der Waals surface area contributed by atoms with Crippen molar-refractivity contribution in [2.24, 2.45) is 0 Å². The quantitative estimate of drug-likeness (QED) is 0.904. The fraction of sp³-hybridized carbons (Fsp3) is 0.231. The molecule has 2 aromatic rings. The van der Waals surface area contributed by atoms with Crippen LogP contribution in [-0.4, -0.2) is 16.5 Å². The highest BCUT2D eigenvalue weighted by Gasteiger charge is 2.06. The summed E-state index contributed by atoms with van der Waals surface area (Å²) in [6, 6.07) is 4.76. The molecule has 0 fully saturated rings. The Labute approximate surface area is 115 Å². The van der Waals surface area contributed by atoms with Gasteiger partial charge in [-0.15, -0.1) is 0 Å². The van der Waals surface area contributed by atoms with E-state index < -0.39 is 0 Å². The van der Waals surface area contributed by atoms with Crippen molar-refractivity contribution in [3.8, 4) is 0 Å². The maximum Gasteiger partial charge on any atom is 0.150 e. The fourth-order valence-corrected chi connectivity index (χ4v) is 1.93. The van der Waals surface area contributed by atoms with Crippen LogP contribution in [0.5, 0.6) is 0 Å². The molecule has 0 atom stereocenters. The van der Waals surface area contributed by atoms with E-state index >= 15 is 0 Å². The van der Waals surface area contributed by atoms with E-state index in [2.05, 4.69) is 15.3 Å². The molecule has 6 heteroatoms. The molecule has 3 N–H and O–H groups in total. The molecule has 19 heavy (non-hydrogen) atoms. The van der Waals surface area contributed by atoms with Gasteiger partial charge in [0.05, 0.1) is 0 Å². The Hall–Kier alpha value is -1.88. The molecule has 0 aliphatic rings. The van der Waals surface area contributed by atoms with E-state index in [0.29, 0.717) is 17.4 Å². The van der Waals surface area contributed by atoms with Gasteiger partial charge in [0.15, 0.2) is 0 Å². The van der Waals surface area contributed by atoms with E-state index in [1.54, 1.807) is 6.07 Å². The molecule has 2 rings (SSSR count). The lowest BCUT2D eigenvalue weighted by Gasteiger charge is -2.09. The van der Waals surface area contributed by atoms with E-state index in [9.17, 15) is 4.39 Å². The number of nitrogens with one attached hydrogen (secondary N) is 1. The largest absolute Gasteiger partial charge is 0.382 e. The number of rotatable bonds is 4. The van der Waals surface area contributed by atoms with E-state index in [1.807, 2.05) is 6.92 Å². The summed E-state index contributed by atoms with van der Waals surface area (Å²) in [6.45, 7) is 2.51. The van der Waals surface area contributed by atoms with Crippen molar-refractivity contribution in [2.75, 3.05) is 17.6 Å². The zero-order chi connectivity index (χ0) is 13.8. The molecule has 0 aliphatic carbocycles. The molecule has 1 heterocycles. The monoisotopic (exact) mass is 280 g/mol. The second-order valence-electron chi connectivity index (χ2n) is 4.17. The van der Waals surface area contributed by atoms with Crippen LogP contribution < -0.4 is 11.1 Å². The average Bonchev–Trinajstić information content (AvgIpc) is 2.37. The SMILES string of the molecule is Cc1cc(F)ccc1CCNc1ncnc(N)c1Cl. The van der Waals surface area contributed by atoms with Gasteiger partial charge in [0, 0.05) is 6.54 Å². The van der Waals surface area contributed by atoms with Crippen LogP contribution in [-0.2, 0) is 6.42 Å². The first-order valence-electron chi connectivity index (χ1n) is 5.83. The number of anilines is 2. The van der Waals surface area contributed by atoms with Gasteiger partial charge in [0.2, 0.25) is 0 Å². The van der Waals surface area contributed by atoms with Gasteiger partial charge in [-0.3, -0.25) is 0 Å². The highest BCUT2D eigenvalue weighted by Crippen LogP contribution is 2.23. The summed E-state index contributed by atoms with van der Waals surface area (Å²) >= 11 is 5.96. The van der Waals surface area contributed by atoms with Crippen molar-refractivity contribution in [1.82, 2.24) is 9.97 Å². The number of benzene rings is 1. The summed E-state index contributed by atoms with van der Waals surface area (Å²) < 4.78 is 13.0. The molecule has 100 valence electrons. The number of aromatic nitrogens is 2. The maximum absolute atomic E-state index is 13.0. The molecular weight excluding hydrogens is 267 g/mol. The predicted octanol–water partition coefficient (Wildman–Crippen LogP) is 2.81. The number of halogens is 2. The minimum atomic E-state index is -0.221. The topological polar surface area (TPSA) is 63.8 Å². The van der Waals surface area contributed by atoms with Crippen molar-refractivity contribution < 1.29 is 4.39 Å². The van der Waals surface area contributed by atoms with Gasteiger partial charge in [-0.05, 0) is 36.6 Å². The Morgan fingerprint density at radius 3 is 2.89 bits per heavy atom. The van der Waals surface area contributed by atoms with Crippen molar-refractivity contribution >= 4 is 23.2 Å². The van der Waals surface area contributed by atoms with Gasteiger partial charge < -0.3 is 11.1 Å². The Balaban J connectivity index is 1.98. The summed E-state index contributed by atoms with van der Waals surface area (Å²) in [5, 5.41) is 3.41. The third-order valence-corrected chi connectivity index (χ3v) is 3.18. The van der Waals surface area contributed by atoms with Crippen LogP contribution in [0.25, 0.3) is 0 Å². The van der Waals surface area contributed by atoms with Gasteiger partial charge in [-0.25, -0.2) is 14.4 Å². The molecule has 0 amide bonds. The summed E-state index contributed by atoms with van der Waals surface area (Å²) in [5.41, 5.74) is 7.58. The number of nitrogens with two attached hydrogens (primary N) is 1. The maximum atomic E-state index is 13.0. The Bertz CT molecular complexity index is 589. The molecule has 0 aliphatic heterocycles. The van der Waals surface area contributed by atoms with Crippen molar-refractivity contribution in [3.63, 3.8) is 0 Å². The van der Waals surface area contributed by atoms with Crippen LogP contribution >= 0.6 is 11.6 Å². The van der Waals surface area contributed by atoms with E-state index in [1.165, 1.54) is 18.5 Å². The van der Waals surface area contributed by atoms with Crippen LogP contribution in [0.1, 0.15) is 11.1 Å². The fourth-order valence-electron chi connectivity index (χ4n) is 1.76. The van der Waals surface area contributed by atoms with Gasteiger partial charge in [0.1, 0.15) is 28.8 Å². The molecule has 0 spiro atoms. The first-order valence-corrected chi connectivity index (χ1v) is 6.20. The summed E-state index contributed by atoms with van der Waals surface area (Å²) in [5.74, 6) is 0.534. The third-order valence-electron chi connectivity index (χ3n) is 2.81. The molecule has 0 radical (unpaired) electrons. The van der Waals surface area contributed by atoms with E-state index in [0.717, 1.165) is 17.5 Å². The molecule has 4 nitrogen and oxygen atoms in total. The normalized spacial score (nSPS) is 10.5. The molecule has 0 bridgehead atoms. The van der Waals surface area contributed by atoms with Crippen molar-refractivity contribution in [1.29, 1.82) is 0 Å². The van der Waals surface area contributed by atoms with E-state index in [-0.39, 0.29) is 11.6 Å². The highest BCUT2D eigenvalue weighted by atomic mass is 35.5. The lowest BCUT2D eigenvalue weighted by atomic mass is 10.1. The molecular formula is C13H14ClFN4. The summed E-state index contributed by atoms with van der Waals surface area (Å²) in [6.07, 6.45) is 2.10. The first kappa shape index (κ1) is 13.5. The number of hydrogen-bond donors (Lipinski definition) is 2. The smallest absolute Gasteiger partial charge is 0.150 e. The molecule has 0 saturated heterocycles. The van der Waals surface area contributed by atoms with Crippen LogP contribution in [0.15, 0.2) is 24.5 Å². The zero-order valence-corrected chi connectivity index (χ0v) is 11.2. The highest BCUT2D eigenvalue weighted by molar-refractivity contribution is 6.35. The van der Waals surface area contributed by atoms with Crippen LogP contribution in [0.4, 0.5) is 16.0 Å². The molecule has 0 unspecified atom stereocenters. The second-order valence-corrected chi connectivity index (χ2v) is 4.55. The number of nitrogen functional groups attached to an aromatic ring is 1. The zero-order valence-electron chi connectivity index (χ0n) is 10.5. The first-order chi connectivity index (χ1) is 9.08. The Kier molecular flexibility index (Phi) is 4.16. The van der Waals surface area contributed by atoms with Gasteiger partial charge in [-0.1, -0.05) is 17.7 Å². The number of hydrogen-bond acceptors (Lipinski definition) is 4. The van der Waals surface area contributed by atoms with Crippen LogP contribution in [0.3, 0.4) is 0 Å². The van der Waals surface area contributed by atoms with Crippen LogP contribution in [0.2, 0.25) is 5.02 Å². The Morgan fingerprint density at radius 2 is 2.16 bits per heavy atom. The molecule has 1 aromatic heterocycles. The van der Waals surface area contributed by atoms with Crippen molar-refractivity contribution in [2.45, 2.75) is 13.3 Å². The predicted molar refractivity (Wildman–Crippen MR) is 74.8 cm³/mol. The van der Waals surface area contributed by atoms with Crippen LogP contribution in [0, 0.1) is 12.7 Å². The molecule has 1 aromatic carbocycles. The van der Waals surface area contributed by atoms with E-state index in [4.69, 9.17) is 17.3 Å². The number of nitrogens with zero attached hydrogens (tertiary/aromatic N) is 2. The lowest BCUT2D eigenvalue weighted by Crippen LogP contribution is -2.09. The molecule has 0 saturated carbocycles. The summed E-state index contributed by atoms with van der Waals surface area (Å²) in [4.78, 5) is 7.80. The number of aryl methyl sites for hydroxylation is 1. The standard InChI is InChI=1S/C13H14ClFN4/c1-8-6-10(15)3-2-9(8)4-5-17-13-11(14)12(16)18-7-19-13/h2-3,6-7H,4-5H2,1H3,(H3,16,17,18,19). The van der Waals surface area contributed by atoms with Crippen molar-refractivity contribution in [3.05, 3.63) is 46.5 Å². The van der Waals surface area contributed by atoms with Gasteiger partial charge in [0.25, 0.3) is 0 Å². The van der Waals surface area contributed by atoms with Gasteiger partial charge in [-0.2, -0.15) is 0 Å². The minimum absolute atomic E-state index is 0.221.